The van der Waals surface area contributed by atoms with E-state index < -0.39 is 0 Å². The SMILES string of the molecule is C[C@@H]1CNCCN1Cc1cccc(Cl)c1F. The van der Waals surface area contributed by atoms with Crippen LogP contribution < -0.4 is 5.32 Å². The topological polar surface area (TPSA) is 15.3 Å². The summed E-state index contributed by atoms with van der Waals surface area (Å²) in [5, 5.41) is 3.52. The van der Waals surface area contributed by atoms with Crippen molar-refractivity contribution in [3.05, 3.63) is 34.6 Å². The smallest absolute Gasteiger partial charge is 0.146 e. The Morgan fingerprint density at radius 3 is 3.12 bits per heavy atom. The molecular formula is C12H16ClFN2. The van der Waals surface area contributed by atoms with E-state index in [1.54, 1.807) is 18.2 Å². The van der Waals surface area contributed by atoms with E-state index in [0.29, 0.717) is 18.2 Å². The maximum Gasteiger partial charge on any atom is 0.146 e. The lowest BCUT2D eigenvalue weighted by Gasteiger charge is -2.33. The highest BCUT2D eigenvalue weighted by molar-refractivity contribution is 6.30. The quantitative estimate of drug-likeness (QED) is 0.856. The average Bonchev–Trinajstić information content (AvgIpc) is 2.28. The molecule has 16 heavy (non-hydrogen) atoms. The summed E-state index contributed by atoms with van der Waals surface area (Å²) in [5.41, 5.74) is 0.682. The molecule has 2 nitrogen and oxygen atoms in total. The van der Waals surface area contributed by atoms with Crippen molar-refractivity contribution in [2.45, 2.75) is 19.5 Å². The summed E-state index contributed by atoms with van der Waals surface area (Å²) in [7, 11) is 0. The molecule has 4 heteroatoms. The fourth-order valence-electron chi connectivity index (χ4n) is 2.01. The van der Waals surface area contributed by atoms with Gasteiger partial charge in [0.25, 0.3) is 0 Å². The first-order chi connectivity index (χ1) is 7.68. The van der Waals surface area contributed by atoms with Crippen molar-refractivity contribution in [2.24, 2.45) is 0 Å². The molecule has 0 unspecified atom stereocenters. The minimum Gasteiger partial charge on any atom is -0.314 e. The Hall–Kier alpha value is -0.640. The van der Waals surface area contributed by atoms with Gasteiger partial charge in [-0.25, -0.2) is 4.39 Å². The summed E-state index contributed by atoms with van der Waals surface area (Å²) in [6, 6.07) is 5.62. The third-order valence-corrected chi connectivity index (χ3v) is 3.34. The van der Waals surface area contributed by atoms with E-state index >= 15 is 0 Å². The summed E-state index contributed by atoms with van der Waals surface area (Å²) in [6.45, 7) is 5.66. The molecule has 0 aromatic heterocycles. The van der Waals surface area contributed by atoms with E-state index in [9.17, 15) is 4.39 Å². The lowest BCUT2D eigenvalue weighted by molar-refractivity contribution is 0.164. The van der Waals surface area contributed by atoms with E-state index in [-0.39, 0.29) is 10.8 Å². The van der Waals surface area contributed by atoms with Crippen LogP contribution in [0.25, 0.3) is 0 Å². The predicted octanol–water partition coefficient (Wildman–Crippen LogP) is 2.27. The summed E-state index contributed by atoms with van der Waals surface area (Å²) in [6.07, 6.45) is 0. The van der Waals surface area contributed by atoms with Crippen LogP contribution >= 0.6 is 11.6 Å². The van der Waals surface area contributed by atoms with Crippen LogP contribution in [-0.4, -0.2) is 30.6 Å². The number of nitrogens with zero attached hydrogens (tertiary/aromatic N) is 1. The molecular weight excluding hydrogens is 227 g/mol. The van der Waals surface area contributed by atoms with Crippen molar-refractivity contribution in [1.29, 1.82) is 0 Å². The number of piperazine rings is 1. The third-order valence-electron chi connectivity index (χ3n) is 3.04. The molecule has 1 N–H and O–H groups in total. The molecule has 0 radical (unpaired) electrons. The molecule has 2 rings (SSSR count). The highest BCUT2D eigenvalue weighted by Gasteiger charge is 2.19. The molecule has 1 aliphatic heterocycles. The van der Waals surface area contributed by atoms with Crippen LogP contribution in [0.5, 0.6) is 0 Å². The molecule has 0 bridgehead atoms. The molecule has 1 fully saturated rings. The molecule has 0 aliphatic carbocycles. The second kappa shape index (κ2) is 5.13. The van der Waals surface area contributed by atoms with Gasteiger partial charge in [0.1, 0.15) is 5.82 Å². The number of hydrogen-bond donors (Lipinski definition) is 1. The van der Waals surface area contributed by atoms with Crippen LogP contribution in [0.1, 0.15) is 12.5 Å². The Bertz CT molecular complexity index is 370. The van der Waals surface area contributed by atoms with Gasteiger partial charge in [0, 0.05) is 37.8 Å². The Kier molecular flexibility index (Phi) is 3.79. The first-order valence-electron chi connectivity index (χ1n) is 5.56. The van der Waals surface area contributed by atoms with Gasteiger partial charge in [-0.05, 0) is 13.0 Å². The van der Waals surface area contributed by atoms with Gasteiger partial charge in [0.15, 0.2) is 0 Å². The van der Waals surface area contributed by atoms with Crippen LogP contribution in [0.3, 0.4) is 0 Å². The molecule has 1 saturated heterocycles. The molecule has 88 valence electrons. The van der Waals surface area contributed by atoms with E-state index in [4.69, 9.17) is 11.6 Å². The maximum atomic E-state index is 13.7. The Morgan fingerprint density at radius 2 is 2.38 bits per heavy atom. The van der Waals surface area contributed by atoms with Gasteiger partial charge in [0.05, 0.1) is 5.02 Å². The Balaban J connectivity index is 2.10. The van der Waals surface area contributed by atoms with Crippen LogP contribution in [0, 0.1) is 5.82 Å². The highest BCUT2D eigenvalue weighted by Crippen LogP contribution is 2.20. The number of halogens is 2. The highest BCUT2D eigenvalue weighted by atomic mass is 35.5. The zero-order valence-corrected chi connectivity index (χ0v) is 10.1. The lowest BCUT2D eigenvalue weighted by atomic mass is 10.1. The second-order valence-corrected chi connectivity index (χ2v) is 4.64. The largest absolute Gasteiger partial charge is 0.314 e. The molecule has 0 amide bonds. The van der Waals surface area contributed by atoms with E-state index in [0.717, 1.165) is 19.6 Å². The van der Waals surface area contributed by atoms with Crippen LogP contribution in [-0.2, 0) is 6.54 Å². The minimum absolute atomic E-state index is 0.209. The molecule has 0 saturated carbocycles. The molecule has 1 aliphatic rings. The number of rotatable bonds is 2. The fraction of sp³-hybridized carbons (Fsp3) is 0.500. The first kappa shape index (κ1) is 11.8. The van der Waals surface area contributed by atoms with Crippen LogP contribution in [0.4, 0.5) is 4.39 Å². The van der Waals surface area contributed by atoms with Gasteiger partial charge in [-0.15, -0.1) is 0 Å². The van der Waals surface area contributed by atoms with Crippen molar-refractivity contribution >= 4 is 11.6 Å². The van der Waals surface area contributed by atoms with E-state index in [1.807, 2.05) is 0 Å². The van der Waals surface area contributed by atoms with E-state index in [1.165, 1.54) is 0 Å². The van der Waals surface area contributed by atoms with Crippen LogP contribution in [0.15, 0.2) is 18.2 Å². The van der Waals surface area contributed by atoms with Crippen molar-refractivity contribution < 1.29 is 4.39 Å². The van der Waals surface area contributed by atoms with Gasteiger partial charge in [-0.1, -0.05) is 23.7 Å². The number of benzene rings is 1. The minimum atomic E-state index is -0.283. The molecule has 1 aromatic rings. The van der Waals surface area contributed by atoms with E-state index in [2.05, 4.69) is 17.1 Å². The predicted molar refractivity (Wildman–Crippen MR) is 64.2 cm³/mol. The maximum absolute atomic E-state index is 13.7. The average molecular weight is 243 g/mol. The van der Waals surface area contributed by atoms with Gasteiger partial charge in [-0.2, -0.15) is 0 Å². The summed E-state index contributed by atoms with van der Waals surface area (Å²) in [5.74, 6) is -0.283. The van der Waals surface area contributed by atoms with Gasteiger partial charge in [0.2, 0.25) is 0 Å². The third kappa shape index (κ3) is 2.54. The monoisotopic (exact) mass is 242 g/mol. The Labute approximate surface area is 100 Å². The van der Waals surface area contributed by atoms with Crippen molar-refractivity contribution in [3.63, 3.8) is 0 Å². The summed E-state index contributed by atoms with van der Waals surface area (Å²) < 4.78 is 13.7. The standard InChI is InChI=1S/C12H16ClFN2/c1-9-7-15-5-6-16(9)8-10-3-2-4-11(13)12(10)14/h2-4,9,15H,5-8H2,1H3/t9-/m1/s1. The second-order valence-electron chi connectivity index (χ2n) is 4.24. The van der Waals surface area contributed by atoms with Gasteiger partial charge in [-0.3, -0.25) is 4.90 Å². The van der Waals surface area contributed by atoms with Crippen LogP contribution in [0.2, 0.25) is 5.02 Å². The fourth-order valence-corrected chi connectivity index (χ4v) is 2.20. The molecule has 0 spiro atoms. The van der Waals surface area contributed by atoms with Gasteiger partial charge >= 0.3 is 0 Å². The van der Waals surface area contributed by atoms with Crippen molar-refractivity contribution in [3.8, 4) is 0 Å². The molecule has 1 aromatic carbocycles. The first-order valence-corrected chi connectivity index (χ1v) is 5.94. The molecule has 1 heterocycles. The zero-order chi connectivity index (χ0) is 11.5. The summed E-state index contributed by atoms with van der Waals surface area (Å²) >= 11 is 5.76. The molecule has 1 atom stereocenters. The van der Waals surface area contributed by atoms with Crippen molar-refractivity contribution in [2.75, 3.05) is 19.6 Å². The zero-order valence-electron chi connectivity index (χ0n) is 9.34. The van der Waals surface area contributed by atoms with Gasteiger partial charge < -0.3 is 5.32 Å². The lowest BCUT2D eigenvalue weighted by Crippen LogP contribution is -2.49. The number of nitrogens with one attached hydrogen (secondary N) is 1. The Morgan fingerprint density at radius 1 is 1.56 bits per heavy atom. The summed E-state index contributed by atoms with van der Waals surface area (Å²) in [4.78, 5) is 2.27. The normalized spacial score (nSPS) is 22.3. The number of hydrogen-bond acceptors (Lipinski definition) is 2. The van der Waals surface area contributed by atoms with Crippen molar-refractivity contribution in [1.82, 2.24) is 10.2 Å².